The SMILES string of the molecule is COc1cccc2c(N(C)CC3CC(N)C3)nccc12. The first-order valence-electron chi connectivity index (χ1n) is 7.07. The first kappa shape index (κ1) is 13.2. The minimum Gasteiger partial charge on any atom is -0.496 e. The fourth-order valence-corrected chi connectivity index (χ4v) is 3.06. The molecule has 1 heterocycles. The summed E-state index contributed by atoms with van der Waals surface area (Å²) in [5.74, 6) is 2.60. The quantitative estimate of drug-likeness (QED) is 0.928. The highest BCUT2D eigenvalue weighted by Gasteiger charge is 2.27. The number of benzene rings is 1. The molecule has 1 aromatic heterocycles. The zero-order chi connectivity index (χ0) is 14.1. The lowest BCUT2D eigenvalue weighted by atomic mass is 9.80. The molecule has 2 aromatic rings. The Hall–Kier alpha value is -1.81. The molecule has 1 fully saturated rings. The van der Waals surface area contributed by atoms with Crippen molar-refractivity contribution >= 4 is 16.6 Å². The van der Waals surface area contributed by atoms with Crippen LogP contribution in [0, 0.1) is 5.92 Å². The summed E-state index contributed by atoms with van der Waals surface area (Å²) in [5.41, 5.74) is 5.86. The molecule has 0 bridgehead atoms. The summed E-state index contributed by atoms with van der Waals surface area (Å²) in [6.07, 6.45) is 4.10. The van der Waals surface area contributed by atoms with Gasteiger partial charge in [-0.2, -0.15) is 0 Å². The van der Waals surface area contributed by atoms with E-state index >= 15 is 0 Å². The standard InChI is InChI=1S/C16H21N3O/c1-19(10-11-8-12(17)9-11)16-14-4-3-5-15(20-2)13(14)6-7-18-16/h3-7,11-12H,8-10,17H2,1-2H3. The van der Waals surface area contributed by atoms with Crippen LogP contribution in [0.4, 0.5) is 5.82 Å². The second-order valence-corrected chi connectivity index (χ2v) is 5.67. The van der Waals surface area contributed by atoms with Crippen molar-refractivity contribution in [1.29, 1.82) is 0 Å². The van der Waals surface area contributed by atoms with Crippen molar-refractivity contribution in [2.75, 3.05) is 25.6 Å². The molecule has 0 radical (unpaired) electrons. The van der Waals surface area contributed by atoms with E-state index in [-0.39, 0.29) is 0 Å². The summed E-state index contributed by atoms with van der Waals surface area (Å²) in [7, 11) is 3.80. The predicted octanol–water partition coefficient (Wildman–Crippen LogP) is 2.42. The maximum atomic E-state index is 5.86. The number of aromatic nitrogens is 1. The van der Waals surface area contributed by atoms with E-state index in [1.165, 1.54) is 0 Å². The molecule has 0 amide bonds. The minimum absolute atomic E-state index is 0.397. The highest BCUT2D eigenvalue weighted by Crippen LogP contribution is 2.32. The first-order chi connectivity index (χ1) is 9.69. The number of fused-ring (bicyclic) bond motifs is 1. The predicted molar refractivity (Wildman–Crippen MR) is 82.3 cm³/mol. The molecule has 1 aliphatic carbocycles. The molecule has 0 saturated heterocycles. The lowest BCUT2D eigenvalue weighted by Gasteiger charge is -2.35. The molecule has 3 rings (SSSR count). The Labute approximate surface area is 119 Å². The van der Waals surface area contributed by atoms with Crippen molar-refractivity contribution in [3.05, 3.63) is 30.5 Å². The highest BCUT2D eigenvalue weighted by atomic mass is 16.5. The van der Waals surface area contributed by atoms with Crippen LogP contribution in [0.1, 0.15) is 12.8 Å². The smallest absolute Gasteiger partial charge is 0.136 e. The van der Waals surface area contributed by atoms with Crippen LogP contribution in [0.15, 0.2) is 30.5 Å². The summed E-state index contributed by atoms with van der Waals surface area (Å²) in [5, 5.41) is 2.25. The zero-order valence-electron chi connectivity index (χ0n) is 12.0. The maximum absolute atomic E-state index is 5.86. The molecular weight excluding hydrogens is 250 g/mol. The number of methoxy groups -OCH3 is 1. The lowest BCUT2D eigenvalue weighted by Crippen LogP contribution is -2.42. The summed E-state index contributed by atoms with van der Waals surface area (Å²) < 4.78 is 5.43. The molecule has 106 valence electrons. The van der Waals surface area contributed by atoms with Gasteiger partial charge < -0.3 is 15.4 Å². The van der Waals surface area contributed by atoms with Crippen LogP contribution in [-0.4, -0.2) is 31.7 Å². The van der Waals surface area contributed by atoms with Crippen molar-refractivity contribution in [3.63, 3.8) is 0 Å². The van der Waals surface area contributed by atoms with Gasteiger partial charge in [-0.05, 0) is 30.9 Å². The fourth-order valence-electron chi connectivity index (χ4n) is 3.06. The van der Waals surface area contributed by atoms with Gasteiger partial charge in [0.1, 0.15) is 11.6 Å². The fraction of sp³-hybridized carbons (Fsp3) is 0.438. The largest absolute Gasteiger partial charge is 0.496 e. The third kappa shape index (κ3) is 2.31. The van der Waals surface area contributed by atoms with Crippen molar-refractivity contribution < 1.29 is 4.74 Å². The van der Waals surface area contributed by atoms with Crippen LogP contribution in [0.25, 0.3) is 10.8 Å². The Balaban J connectivity index is 1.90. The molecule has 0 spiro atoms. The van der Waals surface area contributed by atoms with E-state index in [4.69, 9.17) is 10.5 Å². The Kier molecular flexibility index (Phi) is 3.49. The molecule has 0 aliphatic heterocycles. The number of ether oxygens (including phenoxy) is 1. The van der Waals surface area contributed by atoms with Gasteiger partial charge in [-0.3, -0.25) is 0 Å². The number of anilines is 1. The third-order valence-electron chi connectivity index (χ3n) is 4.13. The topological polar surface area (TPSA) is 51.4 Å². The van der Waals surface area contributed by atoms with E-state index in [9.17, 15) is 0 Å². The monoisotopic (exact) mass is 271 g/mol. The van der Waals surface area contributed by atoms with E-state index in [2.05, 4.69) is 23.0 Å². The Morgan fingerprint density at radius 1 is 1.30 bits per heavy atom. The van der Waals surface area contributed by atoms with Crippen LogP contribution in [-0.2, 0) is 0 Å². The summed E-state index contributed by atoms with van der Waals surface area (Å²) in [6, 6.07) is 8.50. The Bertz CT molecular complexity index is 608. The molecule has 0 atom stereocenters. The number of rotatable bonds is 4. The van der Waals surface area contributed by atoms with Gasteiger partial charge in [0.2, 0.25) is 0 Å². The summed E-state index contributed by atoms with van der Waals surface area (Å²) >= 11 is 0. The highest BCUT2D eigenvalue weighted by molar-refractivity contribution is 5.96. The number of hydrogen-bond donors (Lipinski definition) is 1. The van der Waals surface area contributed by atoms with E-state index < -0.39 is 0 Å². The van der Waals surface area contributed by atoms with Gasteiger partial charge in [0.05, 0.1) is 7.11 Å². The van der Waals surface area contributed by atoms with Crippen LogP contribution in [0.2, 0.25) is 0 Å². The second kappa shape index (κ2) is 5.29. The second-order valence-electron chi connectivity index (χ2n) is 5.67. The van der Waals surface area contributed by atoms with Crippen LogP contribution < -0.4 is 15.4 Å². The summed E-state index contributed by atoms with van der Waals surface area (Å²) in [4.78, 5) is 6.79. The van der Waals surface area contributed by atoms with E-state index in [0.29, 0.717) is 12.0 Å². The summed E-state index contributed by atoms with van der Waals surface area (Å²) in [6.45, 7) is 1.01. The normalized spacial score (nSPS) is 21.6. The molecule has 1 aliphatic rings. The Morgan fingerprint density at radius 2 is 2.10 bits per heavy atom. The Morgan fingerprint density at radius 3 is 2.80 bits per heavy atom. The van der Waals surface area contributed by atoms with Gasteiger partial charge in [-0.15, -0.1) is 0 Å². The first-order valence-corrected chi connectivity index (χ1v) is 7.07. The minimum atomic E-state index is 0.397. The van der Waals surface area contributed by atoms with Gasteiger partial charge in [-0.25, -0.2) is 4.98 Å². The molecule has 1 aromatic carbocycles. The van der Waals surface area contributed by atoms with Crippen molar-refractivity contribution in [2.24, 2.45) is 11.7 Å². The van der Waals surface area contributed by atoms with Gasteiger partial charge in [-0.1, -0.05) is 12.1 Å². The zero-order valence-corrected chi connectivity index (χ0v) is 12.0. The van der Waals surface area contributed by atoms with E-state index in [1.54, 1.807) is 7.11 Å². The van der Waals surface area contributed by atoms with E-state index in [0.717, 1.165) is 41.7 Å². The van der Waals surface area contributed by atoms with Gasteiger partial charge in [0.25, 0.3) is 0 Å². The average molecular weight is 271 g/mol. The molecule has 4 nitrogen and oxygen atoms in total. The molecule has 20 heavy (non-hydrogen) atoms. The maximum Gasteiger partial charge on any atom is 0.136 e. The van der Waals surface area contributed by atoms with Crippen LogP contribution in [0.3, 0.4) is 0 Å². The van der Waals surface area contributed by atoms with Crippen molar-refractivity contribution in [2.45, 2.75) is 18.9 Å². The average Bonchev–Trinajstić information content (AvgIpc) is 2.44. The number of hydrogen-bond acceptors (Lipinski definition) is 4. The molecular formula is C16H21N3O. The molecule has 1 saturated carbocycles. The van der Waals surface area contributed by atoms with Crippen LogP contribution in [0.5, 0.6) is 5.75 Å². The van der Waals surface area contributed by atoms with Gasteiger partial charge in [0.15, 0.2) is 0 Å². The number of nitrogens with zero attached hydrogens (tertiary/aromatic N) is 2. The van der Waals surface area contributed by atoms with Gasteiger partial charge >= 0.3 is 0 Å². The van der Waals surface area contributed by atoms with E-state index in [1.807, 2.05) is 24.4 Å². The number of pyridine rings is 1. The van der Waals surface area contributed by atoms with Gasteiger partial charge in [0, 0.05) is 36.6 Å². The molecule has 4 heteroatoms. The third-order valence-corrected chi connectivity index (χ3v) is 4.13. The van der Waals surface area contributed by atoms with Crippen LogP contribution >= 0.6 is 0 Å². The molecule has 2 N–H and O–H groups in total. The molecule has 0 unspecified atom stereocenters. The lowest BCUT2D eigenvalue weighted by molar-refractivity contribution is 0.271. The number of nitrogens with two attached hydrogens (primary N) is 1. The van der Waals surface area contributed by atoms with Crippen molar-refractivity contribution in [3.8, 4) is 5.75 Å². The van der Waals surface area contributed by atoms with Crippen molar-refractivity contribution in [1.82, 2.24) is 4.98 Å².